The predicted molar refractivity (Wildman–Crippen MR) is 64.6 cm³/mol. The molecule has 0 fully saturated rings. The Balaban J connectivity index is 4.25. The SMILES string of the molecule is CC(C)(C)C[Si](C)(Cl)NC(C)(C)C. The molecule has 0 aromatic rings. The highest BCUT2D eigenvalue weighted by Gasteiger charge is 2.33. The van der Waals surface area contributed by atoms with Crippen molar-refractivity contribution in [2.75, 3.05) is 0 Å². The molecule has 0 aromatic carbocycles. The second kappa shape index (κ2) is 3.91. The number of nitrogens with one attached hydrogen (secondary N) is 1. The Bertz CT molecular complexity index is 147. The summed E-state index contributed by atoms with van der Waals surface area (Å²) in [5.41, 5.74) is 0.453. The fourth-order valence-electron chi connectivity index (χ4n) is 1.82. The second-order valence-electron chi connectivity index (χ2n) is 6.31. The smallest absolute Gasteiger partial charge is 0.224 e. The molecule has 0 bridgehead atoms. The molecule has 0 heterocycles. The standard InChI is InChI=1S/C10H24ClNSi/c1-9(2,3)8-13(7,11)12-10(4,5)6/h12H,8H2,1-7H3. The molecule has 0 aliphatic rings. The van der Waals surface area contributed by atoms with Crippen molar-refractivity contribution in [3.8, 4) is 0 Å². The van der Waals surface area contributed by atoms with E-state index in [9.17, 15) is 0 Å². The molecule has 0 saturated heterocycles. The first-order chi connectivity index (χ1) is 5.41. The average Bonchev–Trinajstić information content (AvgIpc) is 1.43. The minimum atomic E-state index is -1.75. The third-order valence-electron chi connectivity index (χ3n) is 1.50. The lowest BCUT2D eigenvalue weighted by molar-refractivity contribution is 0.447. The maximum atomic E-state index is 6.53. The number of rotatable bonds is 2. The van der Waals surface area contributed by atoms with E-state index in [1.807, 2.05) is 0 Å². The van der Waals surface area contributed by atoms with Crippen LogP contribution in [0.5, 0.6) is 0 Å². The summed E-state index contributed by atoms with van der Waals surface area (Å²) in [6.07, 6.45) is 0. The van der Waals surface area contributed by atoms with E-state index in [0.29, 0.717) is 5.41 Å². The molecule has 0 spiro atoms. The monoisotopic (exact) mass is 221 g/mol. The van der Waals surface area contributed by atoms with Gasteiger partial charge < -0.3 is 4.98 Å². The highest BCUT2D eigenvalue weighted by molar-refractivity contribution is 7.18. The Morgan fingerprint density at radius 2 is 1.46 bits per heavy atom. The van der Waals surface area contributed by atoms with Gasteiger partial charge in [0.25, 0.3) is 0 Å². The Labute approximate surface area is 89.0 Å². The highest BCUT2D eigenvalue weighted by atomic mass is 35.6. The molecule has 0 saturated carbocycles. The zero-order valence-electron chi connectivity index (χ0n) is 10.1. The van der Waals surface area contributed by atoms with Gasteiger partial charge in [0, 0.05) is 5.54 Å². The summed E-state index contributed by atoms with van der Waals surface area (Å²) in [5, 5.41) is 0. The highest BCUT2D eigenvalue weighted by Crippen LogP contribution is 2.29. The summed E-state index contributed by atoms with van der Waals surface area (Å²) >= 11 is 6.53. The lowest BCUT2D eigenvalue weighted by atomic mass is 10.0. The van der Waals surface area contributed by atoms with Gasteiger partial charge in [0.2, 0.25) is 7.55 Å². The van der Waals surface area contributed by atoms with Crippen molar-refractivity contribution in [3.05, 3.63) is 0 Å². The maximum Gasteiger partial charge on any atom is 0.224 e. The van der Waals surface area contributed by atoms with E-state index in [4.69, 9.17) is 11.1 Å². The Kier molecular flexibility index (Phi) is 4.05. The van der Waals surface area contributed by atoms with Crippen LogP contribution in [0.15, 0.2) is 0 Å². The molecule has 1 nitrogen and oxygen atoms in total. The third-order valence-corrected chi connectivity index (χ3v) is 5.18. The third kappa shape index (κ3) is 8.79. The van der Waals surface area contributed by atoms with Crippen molar-refractivity contribution in [1.29, 1.82) is 0 Å². The van der Waals surface area contributed by atoms with Crippen LogP contribution in [0.2, 0.25) is 12.6 Å². The number of halogens is 1. The van der Waals surface area contributed by atoms with Crippen molar-refractivity contribution < 1.29 is 0 Å². The molecule has 1 atom stereocenters. The van der Waals surface area contributed by atoms with Crippen LogP contribution in [0.4, 0.5) is 0 Å². The zero-order valence-corrected chi connectivity index (χ0v) is 11.8. The molecule has 0 rings (SSSR count). The van der Waals surface area contributed by atoms with Gasteiger partial charge in [-0.25, -0.2) is 0 Å². The van der Waals surface area contributed by atoms with Crippen molar-refractivity contribution in [3.63, 3.8) is 0 Å². The first-order valence-corrected chi connectivity index (χ1v) is 8.62. The first kappa shape index (κ1) is 13.5. The topological polar surface area (TPSA) is 12.0 Å². The van der Waals surface area contributed by atoms with Gasteiger partial charge in [0.05, 0.1) is 0 Å². The van der Waals surface area contributed by atoms with Crippen molar-refractivity contribution in [2.45, 2.75) is 59.7 Å². The van der Waals surface area contributed by atoms with Gasteiger partial charge in [-0.2, -0.15) is 0 Å². The van der Waals surface area contributed by atoms with Gasteiger partial charge in [-0.3, -0.25) is 0 Å². The molecule has 3 heteroatoms. The van der Waals surface area contributed by atoms with E-state index in [1.165, 1.54) is 0 Å². The van der Waals surface area contributed by atoms with E-state index in [1.54, 1.807) is 0 Å². The van der Waals surface area contributed by atoms with Crippen LogP contribution in [-0.4, -0.2) is 13.1 Å². The van der Waals surface area contributed by atoms with E-state index in [2.05, 4.69) is 53.1 Å². The summed E-state index contributed by atoms with van der Waals surface area (Å²) in [6, 6.07) is 1.10. The van der Waals surface area contributed by atoms with E-state index >= 15 is 0 Å². The Hall–Kier alpha value is 0.467. The van der Waals surface area contributed by atoms with Crippen molar-refractivity contribution >= 4 is 18.6 Å². The molecular formula is C10H24ClNSi. The number of hydrogen-bond acceptors (Lipinski definition) is 1. The van der Waals surface area contributed by atoms with E-state index in [-0.39, 0.29) is 5.54 Å². The van der Waals surface area contributed by atoms with Gasteiger partial charge in [-0.15, -0.1) is 11.1 Å². The summed E-state index contributed by atoms with van der Waals surface area (Å²) < 4.78 is 0. The molecule has 0 aliphatic carbocycles. The van der Waals surface area contributed by atoms with Gasteiger partial charge in [0.15, 0.2) is 0 Å². The first-order valence-electron chi connectivity index (χ1n) is 4.90. The van der Waals surface area contributed by atoms with E-state index < -0.39 is 7.55 Å². The van der Waals surface area contributed by atoms with Gasteiger partial charge in [-0.05, 0) is 38.8 Å². The van der Waals surface area contributed by atoms with Gasteiger partial charge in [0.1, 0.15) is 0 Å². The summed E-state index contributed by atoms with van der Waals surface area (Å²) in [6.45, 7) is 15.4. The second-order valence-corrected chi connectivity index (χ2v) is 11.8. The summed E-state index contributed by atoms with van der Waals surface area (Å²) in [7, 11) is -1.75. The molecule has 0 aliphatic heterocycles. The summed E-state index contributed by atoms with van der Waals surface area (Å²) in [4.78, 5) is 3.56. The van der Waals surface area contributed by atoms with Crippen molar-refractivity contribution in [2.24, 2.45) is 5.41 Å². The molecule has 1 unspecified atom stereocenters. The lowest BCUT2D eigenvalue weighted by Crippen LogP contribution is -2.54. The van der Waals surface area contributed by atoms with Crippen LogP contribution in [0.3, 0.4) is 0 Å². The van der Waals surface area contributed by atoms with Gasteiger partial charge in [-0.1, -0.05) is 20.8 Å². The van der Waals surface area contributed by atoms with Crippen LogP contribution in [0, 0.1) is 5.41 Å². The fourth-order valence-corrected chi connectivity index (χ4v) is 7.52. The predicted octanol–water partition coefficient (Wildman–Crippen LogP) is 3.73. The maximum absolute atomic E-state index is 6.53. The number of hydrogen-bond donors (Lipinski definition) is 1. The fraction of sp³-hybridized carbons (Fsp3) is 1.00. The largest absolute Gasteiger partial charge is 0.321 e. The quantitative estimate of drug-likeness (QED) is 0.554. The minimum absolute atomic E-state index is 0.133. The van der Waals surface area contributed by atoms with Crippen molar-refractivity contribution in [1.82, 2.24) is 4.98 Å². The lowest BCUT2D eigenvalue weighted by Gasteiger charge is -2.35. The molecule has 80 valence electrons. The summed E-state index contributed by atoms with van der Waals surface area (Å²) in [5.74, 6) is 0. The van der Waals surface area contributed by atoms with Gasteiger partial charge >= 0.3 is 0 Å². The van der Waals surface area contributed by atoms with Crippen LogP contribution < -0.4 is 4.98 Å². The molecule has 13 heavy (non-hydrogen) atoms. The average molecular weight is 222 g/mol. The molecular weight excluding hydrogens is 198 g/mol. The van der Waals surface area contributed by atoms with Crippen LogP contribution in [0.25, 0.3) is 0 Å². The van der Waals surface area contributed by atoms with Crippen LogP contribution in [0.1, 0.15) is 41.5 Å². The zero-order chi connectivity index (χ0) is 10.9. The molecule has 0 aromatic heterocycles. The van der Waals surface area contributed by atoms with Crippen LogP contribution >= 0.6 is 11.1 Å². The molecule has 0 amide bonds. The minimum Gasteiger partial charge on any atom is -0.321 e. The Morgan fingerprint density at radius 1 is 1.08 bits per heavy atom. The van der Waals surface area contributed by atoms with Crippen LogP contribution in [-0.2, 0) is 0 Å². The normalized spacial score (nSPS) is 18.5. The van der Waals surface area contributed by atoms with E-state index in [0.717, 1.165) is 6.04 Å². The molecule has 0 radical (unpaired) electrons. The Morgan fingerprint density at radius 3 is 1.69 bits per heavy atom. The molecule has 1 N–H and O–H groups in total.